The number of hydrogen-bond acceptors (Lipinski definition) is 3. The van der Waals surface area contributed by atoms with Crippen molar-refractivity contribution < 1.29 is 9.18 Å². The standard InChI is InChI=1S/C12H9ClFNOS/c1-7-2-3-8(14)4-9(7)12-15-10(6-17-12)11(16)5-13/h2-4,6H,5H2,1H3. The molecule has 1 heterocycles. The van der Waals surface area contributed by atoms with Crippen LogP contribution in [0.2, 0.25) is 0 Å². The van der Waals surface area contributed by atoms with Gasteiger partial charge < -0.3 is 0 Å². The highest BCUT2D eigenvalue weighted by atomic mass is 35.5. The van der Waals surface area contributed by atoms with Gasteiger partial charge in [0.2, 0.25) is 0 Å². The molecular formula is C12H9ClFNOS. The van der Waals surface area contributed by atoms with E-state index in [1.165, 1.54) is 23.5 Å². The Morgan fingerprint density at radius 1 is 1.53 bits per heavy atom. The zero-order chi connectivity index (χ0) is 12.4. The van der Waals surface area contributed by atoms with Crippen molar-refractivity contribution in [2.45, 2.75) is 6.92 Å². The molecule has 2 rings (SSSR count). The predicted octanol–water partition coefficient (Wildman–Crippen LogP) is 3.68. The van der Waals surface area contributed by atoms with Crippen molar-refractivity contribution in [3.63, 3.8) is 0 Å². The molecule has 0 saturated carbocycles. The summed E-state index contributed by atoms with van der Waals surface area (Å²) in [5.41, 5.74) is 1.97. The molecule has 2 nitrogen and oxygen atoms in total. The minimum Gasteiger partial charge on any atom is -0.291 e. The average Bonchev–Trinajstić information content (AvgIpc) is 2.80. The molecule has 0 bridgehead atoms. The van der Waals surface area contributed by atoms with Crippen LogP contribution in [0.5, 0.6) is 0 Å². The number of aryl methyl sites for hydroxylation is 1. The maximum Gasteiger partial charge on any atom is 0.196 e. The van der Waals surface area contributed by atoms with Crippen LogP contribution in [0.3, 0.4) is 0 Å². The van der Waals surface area contributed by atoms with E-state index in [0.29, 0.717) is 16.3 Å². The molecule has 0 radical (unpaired) electrons. The summed E-state index contributed by atoms with van der Waals surface area (Å²) in [6.45, 7) is 1.87. The first-order valence-electron chi connectivity index (χ1n) is 4.93. The molecule has 0 saturated heterocycles. The highest BCUT2D eigenvalue weighted by Gasteiger charge is 2.12. The Morgan fingerprint density at radius 2 is 2.29 bits per heavy atom. The Balaban J connectivity index is 2.43. The zero-order valence-electron chi connectivity index (χ0n) is 9.04. The van der Waals surface area contributed by atoms with E-state index in [4.69, 9.17) is 11.6 Å². The van der Waals surface area contributed by atoms with Gasteiger partial charge in [0.05, 0.1) is 5.88 Å². The highest BCUT2D eigenvalue weighted by Crippen LogP contribution is 2.27. The van der Waals surface area contributed by atoms with Gasteiger partial charge in [-0.3, -0.25) is 4.79 Å². The van der Waals surface area contributed by atoms with Crippen LogP contribution < -0.4 is 0 Å². The molecule has 17 heavy (non-hydrogen) atoms. The van der Waals surface area contributed by atoms with Gasteiger partial charge in [-0.2, -0.15) is 0 Å². The van der Waals surface area contributed by atoms with Gasteiger partial charge in [0.15, 0.2) is 5.78 Å². The normalized spacial score (nSPS) is 10.5. The number of carbonyl (C=O) groups is 1. The van der Waals surface area contributed by atoms with Crippen molar-refractivity contribution in [2.75, 3.05) is 5.88 Å². The van der Waals surface area contributed by atoms with E-state index < -0.39 is 0 Å². The molecule has 1 aromatic heterocycles. The number of Topliss-reactive ketones (excluding diaryl/α,β-unsaturated/α-hetero) is 1. The van der Waals surface area contributed by atoms with Gasteiger partial charge in [0, 0.05) is 10.9 Å². The molecule has 0 atom stereocenters. The lowest BCUT2D eigenvalue weighted by Gasteiger charge is -2.01. The third-order valence-corrected chi connectivity index (χ3v) is 3.46. The average molecular weight is 270 g/mol. The van der Waals surface area contributed by atoms with Gasteiger partial charge >= 0.3 is 0 Å². The minimum atomic E-state index is -0.314. The summed E-state index contributed by atoms with van der Waals surface area (Å²) in [5, 5.41) is 2.28. The molecule has 0 amide bonds. The van der Waals surface area contributed by atoms with Crippen molar-refractivity contribution in [3.8, 4) is 10.6 Å². The third-order valence-electron chi connectivity index (χ3n) is 2.34. The summed E-state index contributed by atoms with van der Waals surface area (Å²) in [6.07, 6.45) is 0. The molecule has 0 aliphatic carbocycles. The number of alkyl halides is 1. The SMILES string of the molecule is Cc1ccc(F)cc1-c1nc(C(=O)CCl)cs1. The Kier molecular flexibility index (Phi) is 3.54. The van der Waals surface area contributed by atoms with Crippen molar-refractivity contribution in [2.24, 2.45) is 0 Å². The molecule has 0 unspecified atom stereocenters. The second-order valence-electron chi connectivity index (χ2n) is 3.55. The summed E-state index contributed by atoms with van der Waals surface area (Å²) < 4.78 is 13.2. The molecule has 2 aromatic rings. The highest BCUT2D eigenvalue weighted by molar-refractivity contribution is 7.13. The number of rotatable bonds is 3. The number of thiazole rings is 1. The van der Waals surface area contributed by atoms with Crippen molar-refractivity contribution >= 4 is 28.7 Å². The second kappa shape index (κ2) is 4.94. The van der Waals surface area contributed by atoms with Gasteiger partial charge in [-0.25, -0.2) is 9.37 Å². The fourth-order valence-corrected chi connectivity index (χ4v) is 2.46. The predicted molar refractivity (Wildman–Crippen MR) is 67.3 cm³/mol. The monoisotopic (exact) mass is 269 g/mol. The summed E-state index contributed by atoms with van der Waals surface area (Å²) in [6, 6.07) is 4.51. The van der Waals surface area contributed by atoms with Crippen LogP contribution in [-0.2, 0) is 0 Å². The Hall–Kier alpha value is -1.26. The summed E-state index contributed by atoms with van der Waals surface area (Å²) >= 11 is 6.77. The molecule has 88 valence electrons. The Bertz CT molecular complexity index is 567. The van der Waals surface area contributed by atoms with Crippen LogP contribution >= 0.6 is 22.9 Å². The van der Waals surface area contributed by atoms with E-state index in [2.05, 4.69) is 4.98 Å². The molecule has 0 fully saturated rings. The molecule has 0 N–H and O–H groups in total. The van der Waals surface area contributed by atoms with Gasteiger partial charge in [-0.15, -0.1) is 22.9 Å². The summed E-state index contributed by atoms with van der Waals surface area (Å²) in [5.74, 6) is -0.625. The lowest BCUT2D eigenvalue weighted by atomic mass is 10.1. The van der Waals surface area contributed by atoms with Crippen molar-refractivity contribution in [1.29, 1.82) is 0 Å². The van der Waals surface area contributed by atoms with E-state index in [1.54, 1.807) is 11.4 Å². The van der Waals surface area contributed by atoms with Gasteiger partial charge in [-0.1, -0.05) is 6.07 Å². The molecule has 0 aliphatic rings. The quantitative estimate of drug-likeness (QED) is 0.628. The van der Waals surface area contributed by atoms with Crippen LogP contribution in [0.25, 0.3) is 10.6 Å². The van der Waals surface area contributed by atoms with Gasteiger partial charge in [-0.05, 0) is 24.6 Å². The van der Waals surface area contributed by atoms with Gasteiger partial charge in [0.1, 0.15) is 16.5 Å². The molecular weight excluding hydrogens is 261 g/mol. The van der Waals surface area contributed by atoms with E-state index in [9.17, 15) is 9.18 Å². The number of halogens is 2. The Labute approximate surface area is 107 Å². The number of aromatic nitrogens is 1. The molecule has 0 spiro atoms. The zero-order valence-corrected chi connectivity index (χ0v) is 10.6. The van der Waals surface area contributed by atoms with E-state index in [0.717, 1.165) is 5.56 Å². The molecule has 5 heteroatoms. The first-order valence-corrected chi connectivity index (χ1v) is 6.34. The topological polar surface area (TPSA) is 30.0 Å². The lowest BCUT2D eigenvalue weighted by Crippen LogP contribution is -2.00. The lowest BCUT2D eigenvalue weighted by molar-refractivity contribution is 0.101. The van der Waals surface area contributed by atoms with Crippen LogP contribution in [-0.4, -0.2) is 16.6 Å². The van der Waals surface area contributed by atoms with Crippen LogP contribution in [0.15, 0.2) is 23.6 Å². The van der Waals surface area contributed by atoms with E-state index >= 15 is 0 Å². The third kappa shape index (κ3) is 2.53. The van der Waals surface area contributed by atoms with E-state index in [1.807, 2.05) is 6.92 Å². The maximum atomic E-state index is 13.2. The Morgan fingerprint density at radius 3 is 3.00 bits per heavy atom. The maximum absolute atomic E-state index is 13.2. The molecule has 1 aromatic carbocycles. The van der Waals surface area contributed by atoms with Crippen molar-refractivity contribution in [1.82, 2.24) is 4.98 Å². The fraction of sp³-hybridized carbons (Fsp3) is 0.167. The second-order valence-corrected chi connectivity index (χ2v) is 4.68. The van der Waals surface area contributed by atoms with Crippen LogP contribution in [0.4, 0.5) is 4.39 Å². The van der Waals surface area contributed by atoms with Crippen molar-refractivity contribution in [3.05, 3.63) is 40.7 Å². The molecule has 0 aliphatic heterocycles. The fourth-order valence-electron chi connectivity index (χ4n) is 1.42. The van der Waals surface area contributed by atoms with Crippen LogP contribution in [0, 0.1) is 12.7 Å². The minimum absolute atomic E-state index is 0.0920. The number of carbonyl (C=O) groups excluding carboxylic acids is 1. The number of benzene rings is 1. The smallest absolute Gasteiger partial charge is 0.196 e. The van der Waals surface area contributed by atoms with Crippen LogP contribution in [0.1, 0.15) is 16.1 Å². The summed E-state index contributed by atoms with van der Waals surface area (Å²) in [7, 11) is 0. The first-order chi connectivity index (χ1) is 8.11. The number of hydrogen-bond donors (Lipinski definition) is 0. The number of nitrogens with zero attached hydrogens (tertiary/aromatic N) is 1. The largest absolute Gasteiger partial charge is 0.291 e. The summed E-state index contributed by atoms with van der Waals surface area (Å²) in [4.78, 5) is 15.5. The number of ketones is 1. The van der Waals surface area contributed by atoms with Gasteiger partial charge in [0.25, 0.3) is 0 Å². The van der Waals surface area contributed by atoms with E-state index in [-0.39, 0.29) is 17.5 Å². The first kappa shape index (κ1) is 12.2.